The minimum Gasteiger partial charge on any atom is -0.480 e. The third-order valence-corrected chi connectivity index (χ3v) is 11.3. The average Bonchev–Trinajstić information content (AvgIpc) is 3.98. The molecule has 0 saturated carbocycles. The smallest absolute Gasteiger partial charge is 0.446 e. The Balaban J connectivity index is 0.000000477. The van der Waals surface area contributed by atoms with Crippen LogP contribution in [0.25, 0.3) is 0 Å². The lowest BCUT2D eigenvalue weighted by Crippen LogP contribution is -2.55. The van der Waals surface area contributed by atoms with Gasteiger partial charge in [-0.3, -0.25) is 24.0 Å². The molecule has 0 radical (unpaired) electrons. The molecule has 17 heteroatoms. The Hall–Kier alpha value is -4.05. The van der Waals surface area contributed by atoms with Crippen LogP contribution >= 0.6 is 11.6 Å². The predicted octanol–water partition coefficient (Wildman–Crippen LogP) is 7.03. The molecule has 0 bridgehead atoms. The fraction of sp³-hybridized carbons (Fsp3) is 0.705. The third-order valence-electron chi connectivity index (χ3n) is 10.9. The molecule has 4 saturated heterocycles. The number of hydrogen-bond acceptors (Lipinski definition) is 9. The number of hydrogen-bond donors (Lipinski definition) is 2. The van der Waals surface area contributed by atoms with Crippen LogP contribution in [0, 0.1) is 23.7 Å². The SMILES string of the molecule is C.CC(C)C(=O)Cl.CC(C)C[C@H](C(=O)O)N1CC[C@]2(CCCN2C(=O)C(C)C)C1=O.CC(C)C[C@H](C(=O)OCc1ccccc1)N1CC[C@]2(CCCN2)C1=O.O=CC(F)(F)F. The zero-order valence-electron chi connectivity index (χ0n) is 36.2. The second-order valence-corrected chi connectivity index (χ2v) is 17.6. The molecular formula is C44H68ClF3N4O9. The minimum absolute atomic E-state index is 0. The fourth-order valence-corrected chi connectivity index (χ4v) is 7.80. The normalized spacial score (nSPS) is 21.7. The van der Waals surface area contributed by atoms with E-state index >= 15 is 0 Å². The summed E-state index contributed by atoms with van der Waals surface area (Å²) >= 11 is 4.97. The third kappa shape index (κ3) is 15.7. The predicted molar refractivity (Wildman–Crippen MR) is 226 cm³/mol. The summed E-state index contributed by atoms with van der Waals surface area (Å²) < 4.78 is 36.8. The maximum Gasteiger partial charge on any atom is 0.446 e. The average molecular weight is 889 g/mol. The molecule has 4 aliphatic heterocycles. The summed E-state index contributed by atoms with van der Waals surface area (Å²) in [6.45, 7) is 18.0. The van der Waals surface area contributed by atoms with E-state index < -0.39 is 41.6 Å². The number of ether oxygens (including phenoxy) is 1. The Morgan fingerprint density at radius 1 is 0.820 bits per heavy atom. The summed E-state index contributed by atoms with van der Waals surface area (Å²) in [6.07, 6.45) is 0.0493. The molecule has 4 aliphatic rings. The van der Waals surface area contributed by atoms with Gasteiger partial charge < -0.3 is 29.9 Å². The number of amides is 3. The summed E-state index contributed by atoms with van der Waals surface area (Å²) in [6, 6.07) is 8.37. The van der Waals surface area contributed by atoms with Crippen LogP contribution in [-0.4, -0.2) is 117 Å². The summed E-state index contributed by atoms with van der Waals surface area (Å²) in [7, 11) is 0. The number of carbonyl (C=O) groups is 7. The molecule has 13 nitrogen and oxygen atoms in total. The van der Waals surface area contributed by atoms with E-state index in [9.17, 15) is 47.0 Å². The van der Waals surface area contributed by atoms with E-state index in [0.29, 0.717) is 51.2 Å². The number of nitrogens with one attached hydrogen (secondary N) is 1. The molecule has 3 amide bonds. The van der Waals surface area contributed by atoms with Crippen LogP contribution in [0.4, 0.5) is 13.2 Å². The highest BCUT2D eigenvalue weighted by atomic mass is 35.5. The zero-order chi connectivity index (χ0) is 45.6. The molecule has 2 N–H and O–H groups in total. The highest BCUT2D eigenvalue weighted by Crippen LogP contribution is 2.41. The molecule has 4 heterocycles. The number of carboxylic acids is 1. The maximum atomic E-state index is 13.1. The number of carboxylic acid groups (broad SMARTS) is 1. The van der Waals surface area contributed by atoms with Gasteiger partial charge in [-0.05, 0) is 86.9 Å². The van der Waals surface area contributed by atoms with Gasteiger partial charge in [0, 0.05) is 31.5 Å². The number of benzene rings is 1. The second-order valence-electron chi connectivity index (χ2n) is 17.2. The Kier molecular flexibility index (Phi) is 22.1. The van der Waals surface area contributed by atoms with Gasteiger partial charge in [-0.25, -0.2) is 9.59 Å². The fourth-order valence-electron chi connectivity index (χ4n) is 7.80. The molecule has 1 aromatic rings. The highest BCUT2D eigenvalue weighted by molar-refractivity contribution is 6.63. The quantitative estimate of drug-likeness (QED) is 0.126. The van der Waals surface area contributed by atoms with Gasteiger partial charge in [0.25, 0.3) is 0 Å². The maximum absolute atomic E-state index is 13.1. The number of halogens is 4. The van der Waals surface area contributed by atoms with Gasteiger partial charge in [0.1, 0.15) is 24.2 Å². The molecular weight excluding hydrogens is 821 g/mol. The summed E-state index contributed by atoms with van der Waals surface area (Å²) in [5.41, 5.74) is -0.276. The Morgan fingerprint density at radius 3 is 1.80 bits per heavy atom. The molecule has 346 valence electrons. The van der Waals surface area contributed by atoms with E-state index in [1.165, 1.54) is 4.90 Å². The van der Waals surface area contributed by atoms with Crippen LogP contribution in [0.5, 0.6) is 0 Å². The molecule has 5 rings (SSSR count). The van der Waals surface area contributed by atoms with E-state index in [-0.39, 0.29) is 60.7 Å². The van der Waals surface area contributed by atoms with Crippen LogP contribution < -0.4 is 5.32 Å². The molecule has 4 atom stereocenters. The highest BCUT2D eigenvalue weighted by Gasteiger charge is 2.57. The number of nitrogens with zero attached hydrogens (tertiary/aromatic N) is 3. The first-order valence-corrected chi connectivity index (χ1v) is 21.1. The number of aliphatic carboxylic acids is 1. The lowest BCUT2D eigenvalue weighted by atomic mass is 9.93. The van der Waals surface area contributed by atoms with E-state index in [4.69, 9.17) is 21.1 Å². The number of alkyl halides is 3. The number of likely N-dealkylation sites (tertiary alicyclic amines) is 3. The summed E-state index contributed by atoms with van der Waals surface area (Å²) in [5.74, 6) is -1.01. The van der Waals surface area contributed by atoms with Crippen molar-refractivity contribution < 1.29 is 56.6 Å². The van der Waals surface area contributed by atoms with Crippen LogP contribution in [0.1, 0.15) is 120 Å². The molecule has 1 aromatic carbocycles. The van der Waals surface area contributed by atoms with E-state index in [0.717, 1.165) is 37.8 Å². The first-order valence-electron chi connectivity index (χ1n) is 20.8. The van der Waals surface area contributed by atoms with E-state index in [2.05, 4.69) is 19.2 Å². The first kappa shape index (κ1) is 55.0. The van der Waals surface area contributed by atoms with Crippen LogP contribution in [0.3, 0.4) is 0 Å². The van der Waals surface area contributed by atoms with Crippen molar-refractivity contribution in [3.8, 4) is 0 Å². The van der Waals surface area contributed by atoms with Crippen LogP contribution in [0.15, 0.2) is 30.3 Å². The first-order chi connectivity index (χ1) is 27.9. The Morgan fingerprint density at radius 2 is 1.34 bits per heavy atom. The molecule has 0 aliphatic carbocycles. The van der Waals surface area contributed by atoms with Gasteiger partial charge >= 0.3 is 18.1 Å². The van der Waals surface area contributed by atoms with Crippen molar-refractivity contribution in [3.05, 3.63) is 35.9 Å². The lowest BCUT2D eigenvalue weighted by molar-refractivity contribution is -0.156. The van der Waals surface area contributed by atoms with Gasteiger partial charge in [-0.2, -0.15) is 13.2 Å². The molecule has 0 aromatic heterocycles. The minimum atomic E-state index is -4.64. The van der Waals surface area contributed by atoms with Crippen molar-refractivity contribution in [1.82, 2.24) is 20.0 Å². The summed E-state index contributed by atoms with van der Waals surface area (Å²) in [5, 5.41) is 12.6. The van der Waals surface area contributed by atoms with Crippen LogP contribution in [0.2, 0.25) is 0 Å². The number of rotatable bonds is 12. The van der Waals surface area contributed by atoms with Gasteiger partial charge in [-0.1, -0.05) is 93.1 Å². The Labute approximate surface area is 364 Å². The molecule has 61 heavy (non-hydrogen) atoms. The summed E-state index contributed by atoms with van der Waals surface area (Å²) in [4.78, 5) is 86.5. The lowest BCUT2D eigenvalue weighted by Gasteiger charge is -2.35. The van der Waals surface area contributed by atoms with Gasteiger partial charge in [-0.15, -0.1) is 0 Å². The molecule has 0 unspecified atom stereocenters. The second kappa shape index (κ2) is 24.6. The Bertz CT molecular complexity index is 1620. The van der Waals surface area contributed by atoms with Crippen molar-refractivity contribution in [2.24, 2.45) is 23.7 Å². The number of carbonyl (C=O) groups excluding carboxylic acids is 6. The van der Waals surface area contributed by atoms with Crippen LogP contribution in [-0.2, 0) is 44.9 Å². The van der Waals surface area contributed by atoms with Crippen molar-refractivity contribution in [2.45, 2.75) is 150 Å². The van der Waals surface area contributed by atoms with Gasteiger partial charge in [0.2, 0.25) is 29.3 Å². The van der Waals surface area contributed by atoms with E-state index in [1.54, 1.807) is 23.6 Å². The van der Waals surface area contributed by atoms with Crippen molar-refractivity contribution >= 4 is 52.8 Å². The van der Waals surface area contributed by atoms with E-state index in [1.807, 2.05) is 58.0 Å². The number of aldehydes is 1. The largest absolute Gasteiger partial charge is 0.480 e. The van der Waals surface area contributed by atoms with Crippen molar-refractivity contribution in [3.63, 3.8) is 0 Å². The van der Waals surface area contributed by atoms with Crippen molar-refractivity contribution in [1.29, 1.82) is 0 Å². The zero-order valence-corrected chi connectivity index (χ0v) is 36.9. The molecule has 4 fully saturated rings. The monoisotopic (exact) mass is 888 g/mol. The molecule has 2 spiro atoms. The number of esters is 1. The van der Waals surface area contributed by atoms with Gasteiger partial charge in [0.05, 0.1) is 5.54 Å². The topological polar surface area (TPSA) is 171 Å². The standard InChI is InChI=1S/C20H28N2O3.C17H28N2O4.C4H7ClO.C2HF3O.CH4/c1-15(2)13-17(18(23)25-14-16-7-4-3-5-8-16)22-12-10-20(19(22)24)9-6-11-21-20;1-11(2)10-13(15(21)22)18-9-7-17(16(18)23)6-5-8-19(17)14(20)12(3)4;1-3(2)4(5)6;3-2(4,5)1-6;/h3-5,7-8,15,17,21H,6,9-14H2,1-2H3;11-13H,5-10H2,1-4H3,(H,21,22);3H,1-2H3;1H;1H4/t17-,20-;13-,17-;;;/m11.../s1. The van der Waals surface area contributed by atoms with Gasteiger partial charge in [0.15, 0.2) is 0 Å². The van der Waals surface area contributed by atoms with Crippen molar-refractivity contribution in [2.75, 3.05) is 26.2 Å².